The largest absolute Gasteiger partial charge is 0.382 e. The lowest BCUT2D eigenvalue weighted by Gasteiger charge is -2.00. The zero-order valence-electron chi connectivity index (χ0n) is 7.52. The van der Waals surface area contributed by atoms with E-state index < -0.39 is 0 Å². The fourth-order valence-corrected chi connectivity index (χ4v) is 1.29. The summed E-state index contributed by atoms with van der Waals surface area (Å²) >= 11 is 0. The third kappa shape index (κ3) is 1.39. The number of anilines is 1. The Kier molecular flexibility index (Phi) is 2.26. The standard InChI is InChI=1S/C8H10FN5/c9-2-1-3-14-5-13-6-7(10)11-4-12-8(6)14/h4-5H,1-3H2,(H2,10,11,12). The van der Waals surface area contributed by atoms with E-state index in [2.05, 4.69) is 15.0 Å². The molecule has 0 aliphatic rings. The predicted molar refractivity (Wildman–Crippen MR) is 50.3 cm³/mol. The molecule has 0 aliphatic carbocycles. The lowest BCUT2D eigenvalue weighted by Crippen LogP contribution is -1.99. The summed E-state index contributed by atoms with van der Waals surface area (Å²) in [6.07, 6.45) is 3.44. The smallest absolute Gasteiger partial charge is 0.165 e. The molecule has 0 saturated heterocycles. The van der Waals surface area contributed by atoms with Crippen molar-refractivity contribution < 1.29 is 4.39 Å². The molecule has 0 aliphatic heterocycles. The lowest BCUT2D eigenvalue weighted by atomic mass is 10.4. The summed E-state index contributed by atoms with van der Waals surface area (Å²) in [6.45, 7) is 0.212. The van der Waals surface area contributed by atoms with Gasteiger partial charge in [0.1, 0.15) is 11.8 Å². The molecule has 0 amide bonds. The van der Waals surface area contributed by atoms with Gasteiger partial charge in [-0.15, -0.1) is 0 Å². The number of nitrogens with two attached hydrogens (primary N) is 1. The Labute approximate surface area is 79.8 Å². The van der Waals surface area contributed by atoms with Crippen LogP contribution in [-0.2, 0) is 6.54 Å². The predicted octanol–water partition coefficient (Wildman–Crippen LogP) is 0.768. The minimum Gasteiger partial charge on any atom is -0.382 e. The molecule has 6 heteroatoms. The van der Waals surface area contributed by atoms with Gasteiger partial charge >= 0.3 is 0 Å². The van der Waals surface area contributed by atoms with Crippen molar-refractivity contribution in [3.63, 3.8) is 0 Å². The maximum absolute atomic E-state index is 12.0. The Hall–Kier alpha value is -1.72. The second-order valence-electron chi connectivity index (χ2n) is 2.91. The Morgan fingerprint density at radius 1 is 1.36 bits per heavy atom. The van der Waals surface area contributed by atoms with Crippen LogP contribution in [0, 0.1) is 0 Å². The molecule has 0 fully saturated rings. The second kappa shape index (κ2) is 3.57. The molecule has 0 unspecified atom stereocenters. The molecule has 0 atom stereocenters. The topological polar surface area (TPSA) is 69.6 Å². The molecule has 0 radical (unpaired) electrons. The van der Waals surface area contributed by atoms with E-state index in [1.807, 2.05) is 0 Å². The normalized spacial score (nSPS) is 10.9. The summed E-state index contributed by atoms with van der Waals surface area (Å²) in [7, 11) is 0. The number of alkyl halides is 1. The van der Waals surface area contributed by atoms with E-state index >= 15 is 0 Å². The number of rotatable bonds is 3. The van der Waals surface area contributed by atoms with Crippen LogP contribution in [0.3, 0.4) is 0 Å². The van der Waals surface area contributed by atoms with Gasteiger partial charge in [-0.25, -0.2) is 15.0 Å². The number of hydrogen-bond donors (Lipinski definition) is 1. The van der Waals surface area contributed by atoms with Crippen molar-refractivity contribution in [2.75, 3.05) is 12.4 Å². The first kappa shape index (κ1) is 8.86. The molecule has 0 saturated carbocycles. The highest BCUT2D eigenvalue weighted by molar-refractivity contribution is 5.80. The van der Waals surface area contributed by atoms with Gasteiger partial charge in [0.05, 0.1) is 13.0 Å². The molecular formula is C8H10FN5. The SMILES string of the molecule is Nc1ncnc2c1ncn2CCCF. The van der Waals surface area contributed by atoms with Crippen LogP contribution in [0.25, 0.3) is 11.2 Å². The molecule has 2 heterocycles. The van der Waals surface area contributed by atoms with Crippen molar-refractivity contribution in [1.29, 1.82) is 0 Å². The average Bonchev–Trinajstić information content (AvgIpc) is 2.60. The number of hydrogen-bond acceptors (Lipinski definition) is 4. The zero-order chi connectivity index (χ0) is 9.97. The van der Waals surface area contributed by atoms with E-state index in [0.717, 1.165) is 0 Å². The van der Waals surface area contributed by atoms with Gasteiger partial charge in [0.15, 0.2) is 11.5 Å². The molecule has 2 N–H and O–H groups in total. The van der Waals surface area contributed by atoms with Gasteiger partial charge in [0.25, 0.3) is 0 Å². The molecule has 0 bridgehead atoms. The van der Waals surface area contributed by atoms with Crippen LogP contribution < -0.4 is 5.73 Å². The Bertz CT molecular complexity index is 438. The highest BCUT2D eigenvalue weighted by Gasteiger charge is 2.06. The van der Waals surface area contributed by atoms with Gasteiger partial charge in [-0.2, -0.15) is 0 Å². The number of fused-ring (bicyclic) bond motifs is 1. The molecule has 14 heavy (non-hydrogen) atoms. The van der Waals surface area contributed by atoms with Crippen molar-refractivity contribution in [3.05, 3.63) is 12.7 Å². The van der Waals surface area contributed by atoms with Crippen molar-refractivity contribution in [2.24, 2.45) is 0 Å². The number of halogens is 1. The van der Waals surface area contributed by atoms with E-state index in [0.29, 0.717) is 29.9 Å². The number of aromatic nitrogens is 4. The molecule has 74 valence electrons. The maximum Gasteiger partial charge on any atom is 0.165 e. The first-order valence-electron chi connectivity index (χ1n) is 4.30. The van der Waals surface area contributed by atoms with Gasteiger partial charge in [-0.3, -0.25) is 4.39 Å². The number of nitrogens with zero attached hydrogens (tertiary/aromatic N) is 4. The van der Waals surface area contributed by atoms with Crippen molar-refractivity contribution in [2.45, 2.75) is 13.0 Å². The van der Waals surface area contributed by atoms with Crippen LogP contribution in [0.5, 0.6) is 0 Å². The average molecular weight is 195 g/mol. The number of imidazole rings is 1. The quantitative estimate of drug-likeness (QED) is 0.785. The van der Waals surface area contributed by atoms with Crippen LogP contribution in [0.4, 0.5) is 10.2 Å². The Morgan fingerprint density at radius 3 is 3.00 bits per heavy atom. The van der Waals surface area contributed by atoms with E-state index in [1.165, 1.54) is 6.33 Å². The first-order chi connectivity index (χ1) is 6.83. The van der Waals surface area contributed by atoms with Crippen molar-refractivity contribution in [3.8, 4) is 0 Å². The van der Waals surface area contributed by atoms with E-state index in [-0.39, 0.29) is 6.67 Å². The summed E-state index contributed by atoms with van der Waals surface area (Å²) in [5, 5.41) is 0. The molecule has 0 spiro atoms. The van der Waals surface area contributed by atoms with Crippen LogP contribution >= 0.6 is 0 Å². The molecule has 5 nitrogen and oxygen atoms in total. The van der Waals surface area contributed by atoms with E-state index in [9.17, 15) is 4.39 Å². The van der Waals surface area contributed by atoms with Gasteiger partial charge in [-0.05, 0) is 6.42 Å². The van der Waals surface area contributed by atoms with Gasteiger partial charge in [-0.1, -0.05) is 0 Å². The van der Waals surface area contributed by atoms with Crippen molar-refractivity contribution in [1.82, 2.24) is 19.5 Å². The third-order valence-electron chi connectivity index (χ3n) is 1.96. The summed E-state index contributed by atoms with van der Waals surface area (Å²) in [6, 6.07) is 0. The number of nitrogen functional groups attached to an aromatic ring is 1. The van der Waals surface area contributed by atoms with Crippen LogP contribution in [0.15, 0.2) is 12.7 Å². The fourth-order valence-electron chi connectivity index (χ4n) is 1.29. The minimum absolute atomic E-state index is 0.347. The number of aryl methyl sites for hydroxylation is 1. The van der Waals surface area contributed by atoms with Crippen LogP contribution in [0.1, 0.15) is 6.42 Å². The molecule has 2 aromatic rings. The van der Waals surface area contributed by atoms with Gasteiger partial charge < -0.3 is 10.3 Å². The lowest BCUT2D eigenvalue weighted by molar-refractivity contribution is 0.449. The Balaban J connectivity index is 2.42. The third-order valence-corrected chi connectivity index (χ3v) is 1.96. The highest BCUT2D eigenvalue weighted by atomic mass is 19.1. The monoisotopic (exact) mass is 195 g/mol. The fraction of sp³-hybridized carbons (Fsp3) is 0.375. The van der Waals surface area contributed by atoms with Gasteiger partial charge in [0.2, 0.25) is 0 Å². The first-order valence-corrected chi connectivity index (χ1v) is 4.30. The van der Waals surface area contributed by atoms with Crippen molar-refractivity contribution >= 4 is 17.0 Å². The Morgan fingerprint density at radius 2 is 2.21 bits per heavy atom. The summed E-state index contributed by atoms with van der Waals surface area (Å²) in [4.78, 5) is 11.9. The molecule has 0 aromatic carbocycles. The summed E-state index contributed by atoms with van der Waals surface area (Å²) in [5.41, 5.74) is 6.83. The van der Waals surface area contributed by atoms with Gasteiger partial charge in [0, 0.05) is 6.54 Å². The summed E-state index contributed by atoms with van der Waals surface area (Å²) < 4.78 is 13.7. The van der Waals surface area contributed by atoms with E-state index in [4.69, 9.17) is 5.73 Å². The van der Waals surface area contributed by atoms with Crippen LogP contribution in [0.2, 0.25) is 0 Å². The molecular weight excluding hydrogens is 185 g/mol. The molecule has 2 rings (SSSR count). The zero-order valence-corrected chi connectivity index (χ0v) is 7.52. The summed E-state index contributed by atoms with van der Waals surface area (Å²) in [5.74, 6) is 0.356. The minimum atomic E-state index is -0.347. The van der Waals surface area contributed by atoms with E-state index in [1.54, 1.807) is 10.9 Å². The van der Waals surface area contributed by atoms with Crippen LogP contribution in [-0.4, -0.2) is 26.2 Å². The highest BCUT2D eigenvalue weighted by Crippen LogP contribution is 2.14. The maximum atomic E-state index is 12.0. The second-order valence-corrected chi connectivity index (χ2v) is 2.91. The molecule has 2 aromatic heterocycles.